The predicted octanol–water partition coefficient (Wildman–Crippen LogP) is 1.31. The Morgan fingerprint density at radius 2 is 1.25 bits per heavy atom. The summed E-state index contributed by atoms with van der Waals surface area (Å²) in [6.45, 7) is 3.04. The van der Waals surface area contributed by atoms with E-state index in [2.05, 4.69) is 0 Å². The third kappa shape index (κ3) is 4.50. The van der Waals surface area contributed by atoms with Gasteiger partial charge in [0.25, 0.3) is 0 Å². The number of aliphatic carboxylic acids is 2. The Morgan fingerprint density at radius 3 is 1.42 bits per heavy atom. The van der Waals surface area contributed by atoms with Crippen LogP contribution in [0.4, 0.5) is 0 Å². The van der Waals surface area contributed by atoms with Crippen molar-refractivity contribution in [1.82, 2.24) is 0 Å². The second-order valence-corrected chi connectivity index (χ2v) is 5.11. The molecular weight excluding hydrogens is 200 g/mol. The maximum atomic E-state index is 10.3. The molecule has 0 aliphatic heterocycles. The van der Waals surface area contributed by atoms with Gasteiger partial charge in [-0.05, 0) is 13.8 Å². The van der Waals surface area contributed by atoms with Gasteiger partial charge in [-0.3, -0.25) is 9.59 Å². The van der Waals surface area contributed by atoms with Crippen molar-refractivity contribution in [2.24, 2.45) is 0 Å². The first kappa shape index (κ1) is 11.6. The van der Waals surface area contributed by atoms with Crippen LogP contribution >= 0.6 is 21.6 Å². The number of carboxylic acid groups (broad SMARTS) is 2. The fourth-order valence-electron chi connectivity index (χ4n) is 0.249. The summed E-state index contributed by atoms with van der Waals surface area (Å²) in [5, 5.41) is 15.8. The summed E-state index contributed by atoms with van der Waals surface area (Å²) in [4.78, 5) is 20.6. The Balaban J connectivity index is 3.68. The molecular formula is C6H10O4S2. The van der Waals surface area contributed by atoms with Gasteiger partial charge in [0, 0.05) is 0 Å². The summed E-state index contributed by atoms with van der Waals surface area (Å²) in [7, 11) is 2.11. The van der Waals surface area contributed by atoms with Gasteiger partial charge in [0.05, 0.1) is 0 Å². The number of carboxylic acids is 2. The highest BCUT2D eigenvalue weighted by molar-refractivity contribution is 8.77. The lowest BCUT2D eigenvalue weighted by Crippen LogP contribution is -2.14. The molecule has 0 amide bonds. The van der Waals surface area contributed by atoms with Crippen molar-refractivity contribution >= 4 is 33.5 Å². The second kappa shape index (κ2) is 5.31. The number of hydrogen-bond donors (Lipinski definition) is 2. The van der Waals surface area contributed by atoms with Crippen LogP contribution in [0.25, 0.3) is 0 Å². The Morgan fingerprint density at radius 1 is 1.00 bits per heavy atom. The van der Waals surface area contributed by atoms with Crippen LogP contribution in [0.15, 0.2) is 0 Å². The summed E-state index contributed by atoms with van der Waals surface area (Å²) < 4.78 is 0. The Bertz CT molecular complexity index is 162. The fourth-order valence-corrected chi connectivity index (χ4v) is 2.24. The summed E-state index contributed by atoms with van der Waals surface area (Å²) in [6.07, 6.45) is 0. The van der Waals surface area contributed by atoms with Crippen molar-refractivity contribution in [3.05, 3.63) is 0 Å². The first-order chi connectivity index (χ1) is 5.45. The minimum absolute atomic E-state index is 0.572. The standard InChI is InChI=1S/C6H10O4S2/c1-3(5(7)8)11-12-4(2)6(9)10/h3-4H,1-2H3,(H,7,8)(H,9,10)/t3-,4+. The summed E-state index contributed by atoms with van der Waals surface area (Å²) in [6, 6.07) is 0. The number of hydrogen-bond acceptors (Lipinski definition) is 4. The highest BCUT2D eigenvalue weighted by Gasteiger charge is 2.17. The first-order valence-electron chi connectivity index (χ1n) is 3.23. The minimum atomic E-state index is -0.926. The minimum Gasteiger partial charge on any atom is -0.480 e. The van der Waals surface area contributed by atoms with Crippen LogP contribution in [0, 0.1) is 0 Å². The van der Waals surface area contributed by atoms with Crippen LogP contribution in [0.1, 0.15) is 13.8 Å². The molecule has 2 N–H and O–H groups in total. The SMILES string of the molecule is C[C@H](SS[C@H](C)C(=O)O)C(=O)O. The van der Waals surface area contributed by atoms with Gasteiger partial charge in [-0.25, -0.2) is 0 Å². The topological polar surface area (TPSA) is 74.6 Å². The summed E-state index contributed by atoms with van der Waals surface area (Å²) in [5.74, 6) is -1.85. The molecule has 2 atom stereocenters. The molecule has 0 fully saturated rings. The van der Waals surface area contributed by atoms with Crippen molar-refractivity contribution < 1.29 is 19.8 Å². The van der Waals surface area contributed by atoms with Gasteiger partial charge in [-0.1, -0.05) is 21.6 Å². The van der Waals surface area contributed by atoms with Crippen molar-refractivity contribution in [2.75, 3.05) is 0 Å². The van der Waals surface area contributed by atoms with Crippen molar-refractivity contribution in [3.63, 3.8) is 0 Å². The quantitative estimate of drug-likeness (QED) is 0.666. The lowest BCUT2D eigenvalue weighted by Gasteiger charge is -2.07. The average Bonchev–Trinajstić information content (AvgIpc) is 1.98. The zero-order valence-electron chi connectivity index (χ0n) is 6.68. The number of rotatable bonds is 5. The molecule has 0 radical (unpaired) electrons. The largest absolute Gasteiger partial charge is 0.480 e. The maximum Gasteiger partial charge on any atom is 0.317 e. The van der Waals surface area contributed by atoms with E-state index in [0.717, 1.165) is 21.6 Å². The van der Waals surface area contributed by atoms with Gasteiger partial charge in [-0.2, -0.15) is 0 Å². The molecule has 0 heterocycles. The van der Waals surface area contributed by atoms with E-state index >= 15 is 0 Å². The fraction of sp³-hybridized carbons (Fsp3) is 0.667. The highest BCUT2D eigenvalue weighted by atomic mass is 33.1. The van der Waals surface area contributed by atoms with Crippen LogP contribution in [-0.4, -0.2) is 32.7 Å². The molecule has 0 spiro atoms. The zero-order valence-corrected chi connectivity index (χ0v) is 8.32. The smallest absolute Gasteiger partial charge is 0.317 e. The Kier molecular flexibility index (Phi) is 5.16. The lowest BCUT2D eigenvalue weighted by atomic mass is 10.5. The van der Waals surface area contributed by atoms with Crippen LogP contribution in [0.3, 0.4) is 0 Å². The molecule has 0 aromatic rings. The molecule has 6 heteroatoms. The number of carbonyl (C=O) groups is 2. The molecule has 0 aliphatic carbocycles. The Labute approximate surface area is 78.1 Å². The van der Waals surface area contributed by atoms with Gasteiger partial charge in [0.1, 0.15) is 10.5 Å². The van der Waals surface area contributed by atoms with E-state index < -0.39 is 22.4 Å². The molecule has 0 bridgehead atoms. The first-order valence-corrected chi connectivity index (χ1v) is 5.50. The second-order valence-electron chi connectivity index (χ2n) is 2.15. The van der Waals surface area contributed by atoms with E-state index in [0.29, 0.717) is 0 Å². The average molecular weight is 210 g/mol. The van der Waals surface area contributed by atoms with E-state index in [1.54, 1.807) is 0 Å². The third-order valence-electron chi connectivity index (χ3n) is 1.04. The highest BCUT2D eigenvalue weighted by Crippen LogP contribution is 2.30. The van der Waals surface area contributed by atoms with E-state index in [1.807, 2.05) is 0 Å². The maximum absolute atomic E-state index is 10.3. The van der Waals surface area contributed by atoms with Crippen LogP contribution in [0.5, 0.6) is 0 Å². The van der Waals surface area contributed by atoms with Crippen LogP contribution in [-0.2, 0) is 9.59 Å². The van der Waals surface area contributed by atoms with Gasteiger partial charge < -0.3 is 10.2 Å². The normalized spacial score (nSPS) is 15.2. The lowest BCUT2D eigenvalue weighted by molar-refractivity contribution is -0.137. The van der Waals surface area contributed by atoms with E-state index in [4.69, 9.17) is 10.2 Å². The van der Waals surface area contributed by atoms with Crippen molar-refractivity contribution in [2.45, 2.75) is 24.3 Å². The third-order valence-corrected chi connectivity index (χ3v) is 4.20. The van der Waals surface area contributed by atoms with Crippen molar-refractivity contribution in [1.29, 1.82) is 0 Å². The summed E-state index contributed by atoms with van der Waals surface area (Å²) in [5.41, 5.74) is 0. The molecule has 70 valence electrons. The van der Waals surface area contributed by atoms with Gasteiger partial charge in [-0.15, -0.1) is 0 Å². The molecule has 0 aromatic heterocycles. The monoisotopic (exact) mass is 210 g/mol. The van der Waals surface area contributed by atoms with Gasteiger partial charge in [0.15, 0.2) is 0 Å². The van der Waals surface area contributed by atoms with E-state index in [9.17, 15) is 9.59 Å². The van der Waals surface area contributed by atoms with E-state index in [-0.39, 0.29) is 0 Å². The van der Waals surface area contributed by atoms with Crippen molar-refractivity contribution in [3.8, 4) is 0 Å². The van der Waals surface area contributed by atoms with E-state index in [1.165, 1.54) is 13.8 Å². The summed E-state index contributed by atoms with van der Waals surface area (Å²) >= 11 is 0. The predicted molar refractivity (Wildman–Crippen MR) is 49.4 cm³/mol. The molecule has 4 nitrogen and oxygen atoms in total. The molecule has 0 saturated carbocycles. The van der Waals surface area contributed by atoms with Gasteiger partial charge in [0.2, 0.25) is 0 Å². The van der Waals surface area contributed by atoms with Gasteiger partial charge >= 0.3 is 11.9 Å². The molecule has 12 heavy (non-hydrogen) atoms. The Hall–Kier alpha value is -0.360. The van der Waals surface area contributed by atoms with Crippen LogP contribution in [0.2, 0.25) is 0 Å². The molecule has 0 saturated heterocycles. The molecule has 0 rings (SSSR count). The molecule has 0 aromatic carbocycles. The zero-order chi connectivity index (χ0) is 9.72. The molecule has 0 aliphatic rings. The van der Waals surface area contributed by atoms with Crippen LogP contribution < -0.4 is 0 Å². The molecule has 0 unspecified atom stereocenters.